The van der Waals surface area contributed by atoms with Gasteiger partial charge in [0.1, 0.15) is 0 Å². The molecule has 0 bridgehead atoms. The first-order chi connectivity index (χ1) is 16.6. The fourth-order valence-electron chi connectivity index (χ4n) is 4.58. The van der Waals surface area contributed by atoms with E-state index in [4.69, 9.17) is 10.1 Å². The molecule has 1 N–H and O–H groups in total. The minimum Gasteiger partial charge on any atom is -0.356 e. The molecular weight excluding hydrogens is 442 g/mol. The van der Waals surface area contributed by atoms with E-state index in [-0.39, 0.29) is 11.8 Å². The molecule has 1 aliphatic heterocycles. The van der Waals surface area contributed by atoms with Gasteiger partial charge in [-0.25, -0.2) is 4.68 Å². The molecule has 3 heterocycles. The number of aryl methyl sites for hydroxylation is 3. The van der Waals surface area contributed by atoms with Gasteiger partial charge in [-0.15, -0.1) is 0 Å². The second kappa shape index (κ2) is 9.97. The van der Waals surface area contributed by atoms with Gasteiger partial charge in [0.05, 0.1) is 22.0 Å². The first-order valence-corrected chi connectivity index (χ1v) is 12.9. The number of nitrogens with zero attached hydrogens (tertiary/aromatic N) is 4. The van der Waals surface area contributed by atoms with Crippen LogP contribution in [0, 0.1) is 19.8 Å². The highest BCUT2D eigenvalue weighted by atomic mass is 32.1. The molecule has 7 heteroatoms. The molecule has 1 fully saturated rings. The van der Waals surface area contributed by atoms with Crippen LogP contribution in [0.1, 0.15) is 36.1 Å². The van der Waals surface area contributed by atoms with E-state index in [2.05, 4.69) is 65.7 Å². The molecule has 1 amide bonds. The number of carbonyl (C=O) groups is 1. The fourth-order valence-corrected chi connectivity index (χ4v) is 5.60. The zero-order valence-corrected chi connectivity index (χ0v) is 20.6. The molecule has 0 saturated carbocycles. The lowest BCUT2D eigenvalue weighted by atomic mass is 9.97. The summed E-state index contributed by atoms with van der Waals surface area (Å²) in [4.78, 5) is 20.1. The van der Waals surface area contributed by atoms with E-state index >= 15 is 0 Å². The quantitative estimate of drug-likeness (QED) is 0.381. The van der Waals surface area contributed by atoms with Gasteiger partial charge in [0.25, 0.3) is 0 Å². The number of carbonyl (C=O) groups excluding carboxylic acids is 1. The third-order valence-corrected chi connectivity index (χ3v) is 7.72. The van der Waals surface area contributed by atoms with Crippen molar-refractivity contribution in [2.45, 2.75) is 39.5 Å². The van der Waals surface area contributed by atoms with E-state index in [0.29, 0.717) is 0 Å². The number of nitrogens with one attached hydrogen (secondary N) is 1. The molecule has 1 atom stereocenters. The van der Waals surface area contributed by atoms with Crippen molar-refractivity contribution in [3.8, 4) is 5.69 Å². The highest BCUT2D eigenvalue weighted by molar-refractivity contribution is 7.22. The number of fused-ring (bicyclic) bond motifs is 1. The van der Waals surface area contributed by atoms with E-state index in [1.807, 2.05) is 17.7 Å². The Balaban J connectivity index is 1.23. The van der Waals surface area contributed by atoms with Crippen LogP contribution in [-0.2, 0) is 11.2 Å². The fraction of sp³-hybridized carbons (Fsp3) is 0.370. The van der Waals surface area contributed by atoms with Gasteiger partial charge in [-0.1, -0.05) is 59.4 Å². The molecule has 1 saturated heterocycles. The van der Waals surface area contributed by atoms with Crippen molar-refractivity contribution >= 4 is 32.7 Å². The molecule has 6 nitrogen and oxygen atoms in total. The summed E-state index contributed by atoms with van der Waals surface area (Å²) in [6, 6.07) is 18.8. The molecular formula is C27H31N5OS. The molecule has 0 aliphatic carbocycles. The van der Waals surface area contributed by atoms with Gasteiger partial charge in [-0.2, -0.15) is 10.1 Å². The zero-order valence-electron chi connectivity index (χ0n) is 19.8. The van der Waals surface area contributed by atoms with E-state index in [0.717, 1.165) is 72.2 Å². The van der Waals surface area contributed by atoms with Crippen LogP contribution >= 0.6 is 11.3 Å². The molecule has 0 radical (unpaired) electrons. The van der Waals surface area contributed by atoms with Gasteiger partial charge in [0.15, 0.2) is 10.8 Å². The van der Waals surface area contributed by atoms with Crippen molar-refractivity contribution in [1.82, 2.24) is 20.1 Å². The predicted octanol–water partition coefficient (Wildman–Crippen LogP) is 5.06. The summed E-state index contributed by atoms with van der Waals surface area (Å²) < 4.78 is 3.05. The average molecular weight is 474 g/mol. The highest BCUT2D eigenvalue weighted by Crippen LogP contribution is 2.34. The minimum atomic E-state index is 0.00665. The standard InChI is InChI=1S/C27H31N5OS/c1-19-12-14-23(15-13-19)32-25-24(20(2)30-32)34-27(29-25)31-17-7-11-22(18-31)26(33)28-16-6-10-21-8-4-3-5-9-21/h3-5,8-9,12-15,22H,6-7,10-11,16-18H2,1-2H3,(H,28,33). The number of aromatic nitrogens is 3. The number of hydrogen-bond donors (Lipinski definition) is 1. The summed E-state index contributed by atoms with van der Waals surface area (Å²) in [5.41, 5.74) is 5.45. The number of amides is 1. The van der Waals surface area contributed by atoms with E-state index < -0.39 is 0 Å². The Morgan fingerprint density at radius 2 is 1.91 bits per heavy atom. The number of piperidine rings is 1. The number of thiazole rings is 1. The number of hydrogen-bond acceptors (Lipinski definition) is 5. The smallest absolute Gasteiger partial charge is 0.224 e. The third kappa shape index (κ3) is 4.85. The molecule has 1 aliphatic rings. The van der Waals surface area contributed by atoms with E-state index in [1.165, 1.54) is 11.1 Å². The topological polar surface area (TPSA) is 63.1 Å². The second-order valence-corrected chi connectivity index (χ2v) is 10.1. The van der Waals surface area contributed by atoms with E-state index in [9.17, 15) is 4.79 Å². The van der Waals surface area contributed by atoms with Crippen molar-refractivity contribution in [3.63, 3.8) is 0 Å². The maximum atomic E-state index is 12.9. The van der Waals surface area contributed by atoms with Crippen LogP contribution in [0.2, 0.25) is 0 Å². The van der Waals surface area contributed by atoms with Crippen molar-refractivity contribution in [2.24, 2.45) is 5.92 Å². The summed E-state index contributed by atoms with van der Waals surface area (Å²) in [6.07, 6.45) is 3.88. The van der Waals surface area contributed by atoms with Gasteiger partial charge in [-0.05, 0) is 57.2 Å². The zero-order chi connectivity index (χ0) is 23.5. The first kappa shape index (κ1) is 22.6. The Bertz CT molecular complexity index is 1260. The Morgan fingerprint density at radius 3 is 2.71 bits per heavy atom. The lowest BCUT2D eigenvalue weighted by Gasteiger charge is -2.31. The summed E-state index contributed by atoms with van der Waals surface area (Å²) in [5.74, 6) is 0.174. The summed E-state index contributed by atoms with van der Waals surface area (Å²) in [7, 11) is 0. The van der Waals surface area contributed by atoms with Crippen LogP contribution in [0.25, 0.3) is 16.0 Å². The van der Waals surface area contributed by atoms with Gasteiger partial charge < -0.3 is 10.2 Å². The summed E-state index contributed by atoms with van der Waals surface area (Å²) in [5, 5.41) is 8.87. The van der Waals surface area contributed by atoms with Crippen molar-refractivity contribution in [2.75, 3.05) is 24.5 Å². The van der Waals surface area contributed by atoms with Crippen molar-refractivity contribution in [3.05, 3.63) is 71.4 Å². The lowest BCUT2D eigenvalue weighted by molar-refractivity contribution is -0.125. The van der Waals surface area contributed by atoms with Gasteiger partial charge in [0, 0.05) is 19.6 Å². The summed E-state index contributed by atoms with van der Waals surface area (Å²) >= 11 is 1.68. The average Bonchev–Trinajstić information content (AvgIpc) is 3.44. The van der Waals surface area contributed by atoms with Crippen LogP contribution in [0.3, 0.4) is 0 Å². The molecule has 34 heavy (non-hydrogen) atoms. The largest absolute Gasteiger partial charge is 0.356 e. The third-order valence-electron chi connectivity index (χ3n) is 6.50. The monoisotopic (exact) mass is 473 g/mol. The highest BCUT2D eigenvalue weighted by Gasteiger charge is 2.28. The van der Waals surface area contributed by atoms with Gasteiger partial charge in [0.2, 0.25) is 5.91 Å². The molecule has 5 rings (SSSR count). The number of rotatable bonds is 7. The lowest BCUT2D eigenvalue weighted by Crippen LogP contribution is -2.43. The van der Waals surface area contributed by atoms with Crippen molar-refractivity contribution in [1.29, 1.82) is 0 Å². The van der Waals surface area contributed by atoms with Crippen LogP contribution < -0.4 is 10.2 Å². The van der Waals surface area contributed by atoms with Crippen molar-refractivity contribution < 1.29 is 4.79 Å². The molecule has 2 aromatic carbocycles. The molecule has 1 unspecified atom stereocenters. The predicted molar refractivity (Wildman–Crippen MR) is 139 cm³/mol. The molecule has 0 spiro atoms. The number of benzene rings is 2. The molecule has 176 valence electrons. The SMILES string of the molecule is Cc1ccc(-n2nc(C)c3sc(N4CCCC(C(=O)NCCCc5ccccc5)C4)nc32)cc1. The maximum absolute atomic E-state index is 12.9. The Kier molecular flexibility index (Phi) is 6.63. The van der Waals surface area contributed by atoms with Crippen LogP contribution in [0.5, 0.6) is 0 Å². The second-order valence-electron chi connectivity index (χ2n) is 9.15. The van der Waals surface area contributed by atoms with Crippen LogP contribution in [0.4, 0.5) is 5.13 Å². The molecule has 4 aromatic rings. The minimum absolute atomic E-state index is 0.00665. The Morgan fingerprint density at radius 1 is 1.12 bits per heavy atom. The van der Waals surface area contributed by atoms with E-state index in [1.54, 1.807) is 11.3 Å². The normalized spacial score (nSPS) is 16.2. The summed E-state index contributed by atoms with van der Waals surface area (Å²) in [6.45, 7) is 6.50. The maximum Gasteiger partial charge on any atom is 0.224 e. The van der Waals surface area contributed by atoms with Gasteiger partial charge in [-0.3, -0.25) is 4.79 Å². The first-order valence-electron chi connectivity index (χ1n) is 12.1. The Labute approximate surface area is 204 Å². The van der Waals surface area contributed by atoms with Gasteiger partial charge >= 0.3 is 0 Å². The Hall–Kier alpha value is -3.19. The number of anilines is 1. The van der Waals surface area contributed by atoms with Crippen LogP contribution in [0.15, 0.2) is 54.6 Å². The van der Waals surface area contributed by atoms with Crippen LogP contribution in [-0.4, -0.2) is 40.3 Å². The molecule has 2 aromatic heterocycles.